The van der Waals surface area contributed by atoms with Crippen molar-refractivity contribution >= 4 is 6.03 Å². The molecule has 1 saturated heterocycles. The van der Waals surface area contributed by atoms with Crippen LogP contribution < -0.4 is 5.32 Å². The molecule has 0 spiro atoms. The third-order valence-corrected chi connectivity index (χ3v) is 2.86. The predicted octanol–water partition coefficient (Wildman–Crippen LogP) is 2.23. The number of hydrogen-bond acceptors (Lipinski definition) is 1. The summed E-state index contributed by atoms with van der Waals surface area (Å²) in [5, 5.41) is 2.95. The average Bonchev–Trinajstić information content (AvgIpc) is 2.62. The normalized spacial score (nSPS) is 21.7. The highest BCUT2D eigenvalue weighted by Gasteiger charge is 2.30. The van der Waals surface area contributed by atoms with E-state index in [0.717, 1.165) is 32.4 Å². The largest absolute Gasteiger partial charge is 0.338 e. The van der Waals surface area contributed by atoms with E-state index < -0.39 is 0 Å². The molecule has 14 heavy (non-hydrogen) atoms. The van der Waals surface area contributed by atoms with Crippen LogP contribution in [0.4, 0.5) is 4.79 Å². The van der Waals surface area contributed by atoms with E-state index in [1.54, 1.807) is 0 Å². The van der Waals surface area contributed by atoms with Gasteiger partial charge >= 0.3 is 6.03 Å². The smallest absolute Gasteiger partial charge is 0.317 e. The molecular weight excluding hydrogens is 176 g/mol. The standard InChI is InChI=1S/C11H22N2O/c1-4-7-12-11(14)13-8-5-6-10(13)9(2)3/h9-10H,4-8H2,1-3H3,(H,12,14). The van der Waals surface area contributed by atoms with Crippen LogP contribution in [-0.4, -0.2) is 30.1 Å². The fourth-order valence-corrected chi connectivity index (χ4v) is 2.07. The summed E-state index contributed by atoms with van der Waals surface area (Å²) < 4.78 is 0. The van der Waals surface area contributed by atoms with E-state index in [2.05, 4.69) is 26.1 Å². The van der Waals surface area contributed by atoms with Gasteiger partial charge in [-0.1, -0.05) is 20.8 Å². The molecule has 2 amide bonds. The van der Waals surface area contributed by atoms with Gasteiger partial charge in [-0.3, -0.25) is 0 Å². The van der Waals surface area contributed by atoms with Crippen LogP contribution in [0.2, 0.25) is 0 Å². The summed E-state index contributed by atoms with van der Waals surface area (Å²) in [5.74, 6) is 0.574. The number of nitrogens with zero attached hydrogens (tertiary/aromatic N) is 1. The molecule has 1 unspecified atom stereocenters. The van der Waals surface area contributed by atoms with E-state index in [1.807, 2.05) is 4.90 Å². The maximum Gasteiger partial charge on any atom is 0.317 e. The Morgan fingerprint density at radius 3 is 2.86 bits per heavy atom. The summed E-state index contributed by atoms with van der Waals surface area (Å²) in [7, 11) is 0. The fourth-order valence-electron chi connectivity index (χ4n) is 2.07. The first-order valence-electron chi connectivity index (χ1n) is 5.71. The van der Waals surface area contributed by atoms with Crippen LogP contribution in [0.25, 0.3) is 0 Å². The number of carbonyl (C=O) groups is 1. The molecule has 0 radical (unpaired) electrons. The van der Waals surface area contributed by atoms with Crippen LogP contribution in [-0.2, 0) is 0 Å². The molecule has 0 aliphatic carbocycles. The van der Waals surface area contributed by atoms with E-state index in [-0.39, 0.29) is 6.03 Å². The highest BCUT2D eigenvalue weighted by atomic mass is 16.2. The Morgan fingerprint density at radius 1 is 1.57 bits per heavy atom. The average molecular weight is 198 g/mol. The van der Waals surface area contributed by atoms with Crippen molar-refractivity contribution in [3.05, 3.63) is 0 Å². The van der Waals surface area contributed by atoms with Crippen molar-refractivity contribution in [3.63, 3.8) is 0 Å². The van der Waals surface area contributed by atoms with Crippen molar-refractivity contribution < 1.29 is 4.79 Å². The van der Waals surface area contributed by atoms with E-state index >= 15 is 0 Å². The van der Waals surface area contributed by atoms with E-state index in [1.165, 1.54) is 0 Å². The molecule has 3 heteroatoms. The van der Waals surface area contributed by atoms with Crippen molar-refractivity contribution in [1.29, 1.82) is 0 Å². The molecule has 1 N–H and O–H groups in total. The number of amides is 2. The molecule has 82 valence electrons. The lowest BCUT2D eigenvalue weighted by atomic mass is 10.0. The lowest BCUT2D eigenvalue weighted by Gasteiger charge is -2.27. The molecular formula is C11H22N2O. The van der Waals surface area contributed by atoms with Crippen LogP contribution in [0.3, 0.4) is 0 Å². The molecule has 1 aliphatic rings. The minimum Gasteiger partial charge on any atom is -0.338 e. The van der Waals surface area contributed by atoms with Gasteiger partial charge < -0.3 is 10.2 Å². The number of hydrogen-bond donors (Lipinski definition) is 1. The molecule has 0 saturated carbocycles. The first kappa shape index (κ1) is 11.3. The van der Waals surface area contributed by atoms with Crippen molar-refractivity contribution in [3.8, 4) is 0 Å². The first-order valence-corrected chi connectivity index (χ1v) is 5.71. The maximum absolute atomic E-state index is 11.7. The topological polar surface area (TPSA) is 32.3 Å². The molecule has 1 fully saturated rings. The summed E-state index contributed by atoms with van der Waals surface area (Å²) in [6, 6.07) is 0.579. The molecule has 3 nitrogen and oxygen atoms in total. The molecule has 1 heterocycles. The highest BCUT2D eigenvalue weighted by Crippen LogP contribution is 2.23. The van der Waals surface area contributed by atoms with Gasteiger partial charge in [0.25, 0.3) is 0 Å². The molecule has 0 aromatic carbocycles. The van der Waals surface area contributed by atoms with Crippen molar-refractivity contribution in [2.45, 2.75) is 46.1 Å². The van der Waals surface area contributed by atoms with Gasteiger partial charge in [0, 0.05) is 19.1 Å². The van der Waals surface area contributed by atoms with E-state index in [9.17, 15) is 4.79 Å². The van der Waals surface area contributed by atoms with Gasteiger partial charge in [-0.15, -0.1) is 0 Å². The number of nitrogens with one attached hydrogen (secondary N) is 1. The van der Waals surface area contributed by atoms with Gasteiger partial charge in [-0.25, -0.2) is 4.79 Å². The lowest BCUT2D eigenvalue weighted by Crippen LogP contribution is -2.44. The van der Waals surface area contributed by atoms with Gasteiger partial charge in [0.1, 0.15) is 0 Å². The number of rotatable bonds is 3. The molecule has 0 bridgehead atoms. The van der Waals surface area contributed by atoms with Gasteiger partial charge in [0.05, 0.1) is 0 Å². The number of carbonyl (C=O) groups excluding carboxylic acids is 1. The second-order valence-electron chi connectivity index (χ2n) is 4.38. The van der Waals surface area contributed by atoms with Crippen molar-refractivity contribution in [1.82, 2.24) is 10.2 Å². The van der Waals surface area contributed by atoms with E-state index in [4.69, 9.17) is 0 Å². The summed E-state index contributed by atoms with van der Waals surface area (Å²) in [4.78, 5) is 13.7. The second-order valence-corrected chi connectivity index (χ2v) is 4.38. The minimum absolute atomic E-state index is 0.128. The van der Waals surface area contributed by atoms with Gasteiger partial charge in [-0.05, 0) is 25.2 Å². The van der Waals surface area contributed by atoms with Crippen molar-refractivity contribution in [2.75, 3.05) is 13.1 Å². The van der Waals surface area contributed by atoms with Gasteiger partial charge in [0.15, 0.2) is 0 Å². The summed E-state index contributed by atoms with van der Waals surface area (Å²) in [5.41, 5.74) is 0. The van der Waals surface area contributed by atoms with E-state index in [0.29, 0.717) is 12.0 Å². The molecule has 1 atom stereocenters. The maximum atomic E-state index is 11.7. The molecule has 0 aromatic rings. The number of likely N-dealkylation sites (tertiary alicyclic amines) is 1. The van der Waals surface area contributed by atoms with Crippen LogP contribution in [0, 0.1) is 5.92 Å². The summed E-state index contributed by atoms with van der Waals surface area (Å²) >= 11 is 0. The zero-order chi connectivity index (χ0) is 10.6. The monoisotopic (exact) mass is 198 g/mol. The minimum atomic E-state index is 0.128. The number of urea groups is 1. The first-order chi connectivity index (χ1) is 6.66. The quantitative estimate of drug-likeness (QED) is 0.741. The van der Waals surface area contributed by atoms with Gasteiger partial charge in [0.2, 0.25) is 0 Å². The van der Waals surface area contributed by atoms with Crippen LogP contribution in [0.1, 0.15) is 40.0 Å². The third-order valence-electron chi connectivity index (χ3n) is 2.86. The summed E-state index contributed by atoms with van der Waals surface area (Å²) in [6.07, 6.45) is 3.32. The Morgan fingerprint density at radius 2 is 2.29 bits per heavy atom. The van der Waals surface area contributed by atoms with Gasteiger partial charge in [-0.2, -0.15) is 0 Å². The lowest BCUT2D eigenvalue weighted by molar-refractivity contribution is 0.179. The zero-order valence-corrected chi connectivity index (χ0v) is 9.55. The third kappa shape index (κ3) is 2.63. The Kier molecular flexibility index (Phi) is 4.23. The van der Waals surface area contributed by atoms with Crippen LogP contribution >= 0.6 is 0 Å². The zero-order valence-electron chi connectivity index (χ0n) is 9.55. The predicted molar refractivity (Wildman–Crippen MR) is 58.3 cm³/mol. The highest BCUT2D eigenvalue weighted by molar-refractivity contribution is 5.74. The summed E-state index contributed by atoms with van der Waals surface area (Å²) in [6.45, 7) is 8.18. The molecule has 0 aromatic heterocycles. The Labute approximate surface area is 86.9 Å². The Balaban J connectivity index is 2.45. The Bertz CT molecular complexity index is 192. The van der Waals surface area contributed by atoms with Crippen molar-refractivity contribution in [2.24, 2.45) is 5.92 Å². The molecule has 1 rings (SSSR count). The Hall–Kier alpha value is -0.730. The SMILES string of the molecule is CCCNC(=O)N1CCCC1C(C)C. The van der Waals surface area contributed by atoms with Crippen LogP contribution in [0.5, 0.6) is 0 Å². The second kappa shape index (κ2) is 5.23. The fraction of sp³-hybridized carbons (Fsp3) is 0.909. The molecule has 1 aliphatic heterocycles. The van der Waals surface area contributed by atoms with Crippen LogP contribution in [0.15, 0.2) is 0 Å².